The van der Waals surface area contributed by atoms with Crippen molar-refractivity contribution < 1.29 is 9.59 Å². The van der Waals surface area contributed by atoms with Crippen LogP contribution in [0.2, 0.25) is 5.02 Å². The highest BCUT2D eigenvalue weighted by Gasteiger charge is 2.29. The van der Waals surface area contributed by atoms with Gasteiger partial charge in [-0.2, -0.15) is 0 Å². The van der Waals surface area contributed by atoms with E-state index in [1.165, 1.54) is 18.3 Å². The second kappa shape index (κ2) is 4.77. The fraction of sp³-hybridized carbons (Fsp3) is 0. The maximum Gasteiger partial charge on any atom is 0.296 e. The number of rotatable bonds is 2. The van der Waals surface area contributed by atoms with Gasteiger partial charge < -0.3 is 10.3 Å². The van der Waals surface area contributed by atoms with Crippen LogP contribution in [0.15, 0.2) is 39.2 Å². The number of aromatic nitrogens is 2. The highest BCUT2D eigenvalue weighted by molar-refractivity contribution is 7.99. The lowest BCUT2D eigenvalue weighted by Crippen LogP contribution is -2.12. The average Bonchev–Trinajstić information content (AvgIpc) is 2.66. The fourth-order valence-electron chi connectivity index (χ4n) is 1.73. The van der Waals surface area contributed by atoms with Crippen LogP contribution in [0.4, 0.5) is 5.69 Å². The summed E-state index contributed by atoms with van der Waals surface area (Å²) >= 11 is 7.21. The van der Waals surface area contributed by atoms with E-state index in [0.29, 0.717) is 20.8 Å². The van der Waals surface area contributed by atoms with Gasteiger partial charge in [0.15, 0.2) is 5.16 Å². The van der Waals surface area contributed by atoms with Crippen molar-refractivity contribution in [1.29, 1.82) is 0 Å². The topological polar surface area (TPSA) is 91.9 Å². The number of H-pyrrole nitrogens is 1. The molecule has 6 nitrogen and oxygen atoms in total. The number of carbonyl (C=O) groups is 2. The Morgan fingerprint density at radius 3 is 2.75 bits per heavy atom. The van der Waals surface area contributed by atoms with Crippen molar-refractivity contribution >= 4 is 40.7 Å². The number of amides is 1. The Morgan fingerprint density at radius 1 is 1.20 bits per heavy atom. The molecule has 0 saturated heterocycles. The molecule has 1 aliphatic rings. The number of fused-ring (bicyclic) bond motifs is 1. The highest BCUT2D eigenvalue weighted by Crippen LogP contribution is 2.37. The Kier molecular flexibility index (Phi) is 3.07. The lowest BCUT2D eigenvalue weighted by molar-refractivity contribution is -0.112. The van der Waals surface area contributed by atoms with Crippen LogP contribution < -0.4 is 10.9 Å². The predicted molar refractivity (Wildman–Crippen MR) is 73.4 cm³/mol. The average molecular weight is 308 g/mol. The largest absolute Gasteiger partial charge is 0.318 e. The molecule has 1 aliphatic heterocycles. The first kappa shape index (κ1) is 12.9. The van der Waals surface area contributed by atoms with Crippen molar-refractivity contribution in [2.75, 3.05) is 5.32 Å². The molecule has 0 radical (unpaired) electrons. The quantitative estimate of drug-likeness (QED) is 0.651. The summed E-state index contributed by atoms with van der Waals surface area (Å²) in [5.41, 5.74) is 0.382. The molecule has 0 aliphatic carbocycles. The number of hydrogen-bond donors (Lipinski definition) is 2. The molecule has 8 heteroatoms. The maximum atomic E-state index is 11.5. The molecule has 20 heavy (non-hydrogen) atoms. The third kappa shape index (κ3) is 2.21. The van der Waals surface area contributed by atoms with Crippen molar-refractivity contribution in [3.05, 3.63) is 45.3 Å². The number of benzene rings is 1. The zero-order valence-corrected chi connectivity index (χ0v) is 11.3. The van der Waals surface area contributed by atoms with E-state index in [0.717, 1.165) is 11.8 Å². The Labute approximate surface area is 121 Å². The third-order valence-electron chi connectivity index (χ3n) is 2.63. The molecule has 1 aromatic carbocycles. The summed E-state index contributed by atoms with van der Waals surface area (Å²) in [4.78, 5) is 41.1. The molecule has 0 spiro atoms. The lowest BCUT2D eigenvalue weighted by Gasteiger charge is -2.05. The standard InChI is InChI=1S/C12H6ClN3O3S/c13-6-3-5-7(15-11(19)10(5)18)4-8(6)20-12-14-2-1-9(17)16-12/h1-4H,(H,14,16,17)(H,15,18,19). The van der Waals surface area contributed by atoms with Gasteiger partial charge in [0.05, 0.1) is 16.3 Å². The lowest BCUT2D eigenvalue weighted by atomic mass is 10.1. The first-order valence-electron chi connectivity index (χ1n) is 5.47. The molecule has 100 valence electrons. The number of anilines is 1. The van der Waals surface area contributed by atoms with Gasteiger partial charge in [-0.25, -0.2) is 4.98 Å². The minimum absolute atomic E-state index is 0.249. The van der Waals surface area contributed by atoms with E-state index in [1.807, 2.05) is 0 Å². The van der Waals surface area contributed by atoms with Gasteiger partial charge in [-0.05, 0) is 12.1 Å². The van der Waals surface area contributed by atoms with Gasteiger partial charge in [0.1, 0.15) is 0 Å². The van der Waals surface area contributed by atoms with E-state index < -0.39 is 11.7 Å². The van der Waals surface area contributed by atoms with Gasteiger partial charge in [0, 0.05) is 17.2 Å². The molecule has 2 aromatic rings. The molecule has 3 rings (SSSR count). The number of ketones is 1. The van der Waals surface area contributed by atoms with Crippen LogP contribution in [-0.2, 0) is 4.79 Å². The van der Waals surface area contributed by atoms with Gasteiger partial charge in [0.25, 0.3) is 17.2 Å². The summed E-state index contributed by atoms with van der Waals surface area (Å²) in [6, 6.07) is 4.31. The molecule has 0 bridgehead atoms. The van der Waals surface area contributed by atoms with Crippen LogP contribution in [-0.4, -0.2) is 21.7 Å². The van der Waals surface area contributed by atoms with E-state index in [2.05, 4.69) is 15.3 Å². The number of hydrogen-bond acceptors (Lipinski definition) is 5. The zero-order chi connectivity index (χ0) is 14.3. The summed E-state index contributed by atoms with van der Waals surface area (Å²) in [6.45, 7) is 0. The van der Waals surface area contributed by atoms with E-state index in [4.69, 9.17) is 11.6 Å². The van der Waals surface area contributed by atoms with Crippen molar-refractivity contribution in [3.8, 4) is 0 Å². The normalized spacial score (nSPS) is 13.2. The van der Waals surface area contributed by atoms with Gasteiger partial charge in [0.2, 0.25) is 0 Å². The zero-order valence-electron chi connectivity index (χ0n) is 9.77. The Hall–Kier alpha value is -2.12. The number of nitrogens with one attached hydrogen (secondary N) is 2. The molecule has 2 heterocycles. The minimum Gasteiger partial charge on any atom is -0.318 e. The van der Waals surface area contributed by atoms with E-state index in [-0.39, 0.29) is 11.1 Å². The van der Waals surface area contributed by atoms with Crippen molar-refractivity contribution in [2.45, 2.75) is 10.1 Å². The van der Waals surface area contributed by atoms with Crippen LogP contribution in [0.1, 0.15) is 10.4 Å². The maximum absolute atomic E-state index is 11.5. The molecule has 0 unspecified atom stereocenters. The smallest absolute Gasteiger partial charge is 0.296 e. The Balaban J connectivity index is 2.00. The van der Waals surface area contributed by atoms with Crippen molar-refractivity contribution in [3.63, 3.8) is 0 Å². The highest BCUT2D eigenvalue weighted by atomic mass is 35.5. The number of aromatic amines is 1. The van der Waals surface area contributed by atoms with Crippen molar-refractivity contribution in [2.24, 2.45) is 0 Å². The summed E-state index contributed by atoms with van der Waals surface area (Å²) in [5.74, 6) is -1.28. The molecule has 0 fully saturated rings. The SMILES string of the molecule is O=C1Nc2cc(Sc3nccc(=O)[nH]3)c(Cl)cc2C1=O. The Morgan fingerprint density at radius 2 is 2.00 bits per heavy atom. The van der Waals surface area contributed by atoms with E-state index in [9.17, 15) is 14.4 Å². The number of halogens is 1. The van der Waals surface area contributed by atoms with E-state index >= 15 is 0 Å². The van der Waals surface area contributed by atoms with Gasteiger partial charge in [-0.15, -0.1) is 0 Å². The molecular formula is C12H6ClN3O3S. The molecule has 2 N–H and O–H groups in total. The predicted octanol–water partition coefficient (Wildman–Crippen LogP) is 1.71. The van der Waals surface area contributed by atoms with E-state index in [1.54, 1.807) is 6.07 Å². The molecule has 1 amide bonds. The summed E-state index contributed by atoms with van der Waals surface area (Å²) < 4.78 is 0. The van der Waals surface area contributed by atoms with Crippen molar-refractivity contribution in [1.82, 2.24) is 9.97 Å². The minimum atomic E-state index is -0.676. The van der Waals surface area contributed by atoms with Gasteiger partial charge in [-0.3, -0.25) is 14.4 Å². The molecule has 1 aromatic heterocycles. The third-order valence-corrected chi connectivity index (χ3v) is 4.01. The number of Topliss-reactive ketones (excluding diaryl/α,β-unsaturated/α-hetero) is 1. The monoisotopic (exact) mass is 307 g/mol. The van der Waals surface area contributed by atoms with Crippen LogP contribution in [0.5, 0.6) is 0 Å². The van der Waals surface area contributed by atoms with Crippen LogP contribution in [0, 0.1) is 0 Å². The molecule has 0 saturated carbocycles. The summed E-state index contributed by atoms with van der Waals surface area (Å²) in [5, 5.41) is 3.14. The number of nitrogens with zero attached hydrogens (tertiary/aromatic N) is 1. The van der Waals surface area contributed by atoms with Crippen LogP contribution in [0.25, 0.3) is 0 Å². The van der Waals surface area contributed by atoms with Crippen LogP contribution in [0.3, 0.4) is 0 Å². The second-order valence-corrected chi connectivity index (χ2v) is 5.39. The van der Waals surface area contributed by atoms with Crippen LogP contribution >= 0.6 is 23.4 Å². The first-order valence-corrected chi connectivity index (χ1v) is 6.66. The summed E-state index contributed by atoms with van der Waals surface area (Å²) in [7, 11) is 0. The first-order chi connectivity index (χ1) is 9.54. The second-order valence-electron chi connectivity index (χ2n) is 3.95. The summed E-state index contributed by atoms with van der Waals surface area (Å²) in [6.07, 6.45) is 1.38. The van der Waals surface area contributed by atoms with Gasteiger partial charge >= 0.3 is 0 Å². The Bertz CT molecular complexity index is 803. The molecule has 0 atom stereocenters. The fourth-order valence-corrected chi connectivity index (χ4v) is 2.82. The molecular weight excluding hydrogens is 302 g/mol. The van der Waals surface area contributed by atoms with Gasteiger partial charge in [-0.1, -0.05) is 23.4 Å². The number of carbonyl (C=O) groups excluding carboxylic acids is 2.